The molecule has 71 heavy (non-hydrogen) atoms. The Bertz CT molecular complexity index is 2820. The summed E-state index contributed by atoms with van der Waals surface area (Å²) in [6, 6.07) is 22.8. The number of nitrogens with two attached hydrogens (primary N) is 1. The molecule has 4 aliphatic rings. The molecular weight excluding hydrogens is 949 g/mol. The summed E-state index contributed by atoms with van der Waals surface area (Å²) in [7, 11) is -8.17. The summed E-state index contributed by atoms with van der Waals surface area (Å²) in [4.78, 5) is 15.1. The highest BCUT2D eigenvalue weighted by Gasteiger charge is 2.45. The molecule has 3 aromatic rings. The van der Waals surface area contributed by atoms with Gasteiger partial charge in [0, 0.05) is 60.4 Å². The van der Waals surface area contributed by atoms with Crippen LogP contribution in [0.25, 0.3) is 0 Å². The molecule has 1 fully saturated rings. The van der Waals surface area contributed by atoms with Crippen LogP contribution in [0.3, 0.4) is 0 Å². The van der Waals surface area contributed by atoms with Gasteiger partial charge in [-0.05, 0) is 111 Å². The van der Waals surface area contributed by atoms with Crippen molar-refractivity contribution in [3.8, 4) is 5.75 Å². The Morgan fingerprint density at radius 2 is 1.49 bits per heavy atom. The third kappa shape index (κ3) is 13.0. The molecule has 384 valence electrons. The van der Waals surface area contributed by atoms with Gasteiger partial charge in [-0.25, -0.2) is 0 Å². The van der Waals surface area contributed by atoms with E-state index in [0.29, 0.717) is 56.7 Å². The lowest BCUT2D eigenvalue weighted by Crippen LogP contribution is -2.63. The van der Waals surface area contributed by atoms with Gasteiger partial charge >= 0.3 is 0 Å². The number of benzene rings is 3. The van der Waals surface area contributed by atoms with Gasteiger partial charge in [0.15, 0.2) is 12.0 Å². The number of unbranched alkanes of at least 4 members (excludes halogenated alkanes) is 2. The number of carbonyl (C=O) groups excluding carboxylic acids is 1. The first kappa shape index (κ1) is 53.8. The number of aryl methyl sites for hydroxylation is 1. The molecule has 3 aliphatic heterocycles. The molecule has 18 heteroatoms. The lowest BCUT2D eigenvalue weighted by atomic mass is 9.81. The van der Waals surface area contributed by atoms with E-state index in [-0.39, 0.29) is 41.2 Å². The zero-order chi connectivity index (χ0) is 51.3. The lowest BCUT2D eigenvalue weighted by Gasteiger charge is -2.39. The molecule has 1 amide bonds. The summed E-state index contributed by atoms with van der Waals surface area (Å²) in [5.74, 6) is 0.382. The van der Waals surface area contributed by atoms with Gasteiger partial charge in [0.1, 0.15) is 36.4 Å². The molecule has 1 aliphatic carbocycles. The number of amides is 1. The molecular formula is C53H69N4O12S2+. The fourth-order valence-electron chi connectivity index (χ4n) is 10.1. The highest BCUT2D eigenvalue weighted by Crippen LogP contribution is 2.48. The first-order chi connectivity index (χ1) is 33.5. The maximum atomic E-state index is 12.8. The highest BCUT2D eigenvalue weighted by molar-refractivity contribution is 7.86. The second kappa shape index (κ2) is 22.4. The summed E-state index contributed by atoms with van der Waals surface area (Å²) >= 11 is 0. The minimum absolute atomic E-state index is 0.121. The minimum atomic E-state index is -4.09. The van der Waals surface area contributed by atoms with Crippen molar-refractivity contribution in [2.75, 3.05) is 36.0 Å². The van der Waals surface area contributed by atoms with E-state index in [4.69, 9.17) is 15.2 Å². The molecule has 0 unspecified atom stereocenters. The molecule has 16 nitrogen and oxygen atoms in total. The van der Waals surface area contributed by atoms with Gasteiger partial charge in [0.05, 0.1) is 23.0 Å². The molecule has 1 saturated heterocycles. The molecule has 0 radical (unpaired) electrons. The van der Waals surface area contributed by atoms with Crippen LogP contribution in [-0.4, -0.2) is 119 Å². The van der Waals surface area contributed by atoms with Gasteiger partial charge in [0.25, 0.3) is 20.2 Å². The molecule has 3 heterocycles. The number of nitrogens with one attached hydrogen (secondary N) is 1. The molecule has 5 atom stereocenters. The van der Waals surface area contributed by atoms with Crippen molar-refractivity contribution in [2.24, 2.45) is 5.73 Å². The number of nitrogens with zero attached hydrogens (tertiary/aromatic N) is 2. The van der Waals surface area contributed by atoms with Crippen LogP contribution in [0.15, 0.2) is 120 Å². The number of ether oxygens (including phenoxy) is 2. The average Bonchev–Trinajstić information content (AvgIpc) is 3.67. The van der Waals surface area contributed by atoms with E-state index in [9.17, 15) is 46.1 Å². The molecule has 8 N–H and O–H groups in total. The number of para-hydroxylation sites is 2. The van der Waals surface area contributed by atoms with Gasteiger partial charge in [0.2, 0.25) is 11.6 Å². The second-order valence-corrected chi connectivity index (χ2v) is 23.1. The van der Waals surface area contributed by atoms with E-state index in [0.717, 1.165) is 69.9 Å². The molecule has 3 aromatic carbocycles. The summed E-state index contributed by atoms with van der Waals surface area (Å²) < 4.78 is 79.5. The van der Waals surface area contributed by atoms with E-state index < -0.39 is 50.9 Å². The normalized spacial score (nSPS) is 24.3. The van der Waals surface area contributed by atoms with Crippen LogP contribution < -0.4 is 20.7 Å². The molecule has 0 bridgehead atoms. The summed E-state index contributed by atoms with van der Waals surface area (Å²) in [6.07, 6.45) is 7.80. The van der Waals surface area contributed by atoms with Crippen LogP contribution in [0.1, 0.15) is 95.8 Å². The Morgan fingerprint density at radius 3 is 2.20 bits per heavy atom. The number of anilines is 1. The number of allylic oxidation sites excluding steroid dienone is 7. The van der Waals surface area contributed by atoms with E-state index in [2.05, 4.69) is 91.1 Å². The summed E-state index contributed by atoms with van der Waals surface area (Å²) in [6.45, 7) is 9.70. The number of rotatable bonds is 20. The number of carbonyl (C=O) groups is 1. The number of fused-ring (bicyclic) bond motifs is 2. The van der Waals surface area contributed by atoms with Crippen LogP contribution >= 0.6 is 0 Å². The molecule has 0 saturated carbocycles. The van der Waals surface area contributed by atoms with Gasteiger partial charge in [-0.3, -0.25) is 13.9 Å². The van der Waals surface area contributed by atoms with E-state index >= 15 is 0 Å². The lowest BCUT2D eigenvalue weighted by molar-refractivity contribution is -0.438. The van der Waals surface area contributed by atoms with Crippen molar-refractivity contribution in [1.29, 1.82) is 0 Å². The van der Waals surface area contributed by atoms with Gasteiger partial charge in [-0.2, -0.15) is 21.4 Å². The van der Waals surface area contributed by atoms with Crippen molar-refractivity contribution in [3.63, 3.8) is 0 Å². The maximum Gasteiger partial charge on any atom is 0.264 e. The Kier molecular flexibility index (Phi) is 17.0. The maximum absolute atomic E-state index is 12.8. The van der Waals surface area contributed by atoms with Crippen LogP contribution in [0, 0.1) is 0 Å². The standard InChI is InChI=1S/C53H68N4O12S2/c1-52(2)39-16-5-7-18-41(39)56(30-9-11-32-70(62,63)64)44(52)27-23-36-14-13-15-37(24-28-45-53(3,4)40-17-6-8-19-42(40)57(45)31-10-12-33-71(65,66)67)50(36)68-38-25-20-35(21-26-38)22-29-46(58)55-34-43-48(59)49(60)47(54)51(61)69-43/h5-8,16-21,23-28,43,47-49,51,59-61H,9-15,22,29-34,54H2,1-4H3,(H2-,55,58,62,63,64,65,66,67)/p+1/t43-,47-,48-,49-,51-/m1/s1. The van der Waals surface area contributed by atoms with E-state index in [1.807, 2.05) is 48.5 Å². The predicted octanol–water partition coefficient (Wildman–Crippen LogP) is 5.90. The number of aliphatic hydroxyl groups excluding tert-OH is 3. The summed E-state index contributed by atoms with van der Waals surface area (Å²) in [5, 5.41) is 33.1. The second-order valence-electron chi connectivity index (χ2n) is 19.9. The van der Waals surface area contributed by atoms with E-state index in [1.54, 1.807) is 0 Å². The van der Waals surface area contributed by atoms with Crippen LogP contribution in [-0.2, 0) is 47.0 Å². The Morgan fingerprint density at radius 1 is 0.831 bits per heavy atom. The van der Waals surface area contributed by atoms with Crippen LogP contribution in [0.5, 0.6) is 5.75 Å². The predicted molar refractivity (Wildman–Crippen MR) is 273 cm³/mol. The Hall–Kier alpha value is -5.02. The molecule has 0 spiro atoms. The Labute approximate surface area is 417 Å². The largest absolute Gasteiger partial charge is 0.457 e. The SMILES string of the molecule is CC1(C)C(/C=C/C2=C(Oc3ccc(CCC(=O)NC[C@H]4O[C@@H](O)[C@H](N)[C@@H](O)[C@@H]4O)cc3)C(=C/C=C3/N(CCCCS(=O)(=O)O)c4ccccc4C3(C)C)/CCC2)=[N+](CCCCS(=O)(=O)O)c2ccccc21. The number of hydrogen-bond donors (Lipinski definition) is 7. The monoisotopic (exact) mass is 1020 g/mol. The quantitative estimate of drug-likeness (QED) is 0.0396. The van der Waals surface area contributed by atoms with Crippen molar-refractivity contribution in [1.82, 2.24) is 5.32 Å². The third-order valence-corrected chi connectivity index (χ3v) is 15.7. The first-order valence-corrected chi connectivity index (χ1v) is 27.6. The smallest absolute Gasteiger partial charge is 0.264 e. The van der Waals surface area contributed by atoms with Gasteiger partial charge in [-0.1, -0.05) is 68.5 Å². The van der Waals surface area contributed by atoms with Crippen molar-refractivity contribution in [2.45, 2.75) is 127 Å². The topological polar surface area (TPSA) is 249 Å². The average molecular weight is 1020 g/mol. The van der Waals surface area contributed by atoms with Crippen LogP contribution in [0.2, 0.25) is 0 Å². The minimum Gasteiger partial charge on any atom is -0.457 e. The zero-order valence-corrected chi connectivity index (χ0v) is 42.5. The first-order valence-electron chi connectivity index (χ1n) is 24.4. The molecule has 0 aromatic heterocycles. The van der Waals surface area contributed by atoms with E-state index in [1.165, 1.54) is 0 Å². The number of hydrogen-bond acceptors (Lipinski definition) is 12. The third-order valence-electron chi connectivity index (χ3n) is 14.1. The van der Waals surface area contributed by atoms with Crippen molar-refractivity contribution in [3.05, 3.63) is 136 Å². The van der Waals surface area contributed by atoms with Gasteiger partial charge < -0.3 is 40.7 Å². The number of aliphatic hydroxyl groups is 3. The highest BCUT2D eigenvalue weighted by atomic mass is 32.2. The zero-order valence-electron chi connectivity index (χ0n) is 40.9. The fourth-order valence-corrected chi connectivity index (χ4v) is 11.3. The molecule has 7 rings (SSSR count). The van der Waals surface area contributed by atoms with Crippen molar-refractivity contribution >= 4 is 43.2 Å². The van der Waals surface area contributed by atoms with Crippen molar-refractivity contribution < 1.29 is 60.1 Å². The Balaban J connectivity index is 1.19. The summed E-state index contributed by atoms with van der Waals surface area (Å²) in [5.41, 5.74) is 14.2. The van der Waals surface area contributed by atoms with Gasteiger partial charge in [-0.15, -0.1) is 0 Å². The fraction of sp³-hybridized carbons (Fsp3) is 0.472. The van der Waals surface area contributed by atoms with Crippen LogP contribution in [0.4, 0.5) is 11.4 Å².